The molecule has 196 valence electrons. The fourth-order valence-corrected chi connectivity index (χ4v) is 7.68. The topological polar surface area (TPSA) is 26.3 Å². The highest BCUT2D eigenvalue weighted by atomic mass is 16.5. The molecule has 2 heteroatoms. The molecule has 0 aromatic carbocycles. The highest BCUT2D eigenvalue weighted by Crippen LogP contribution is 2.60. The van der Waals surface area contributed by atoms with Gasteiger partial charge in [0.1, 0.15) is 6.10 Å². The minimum atomic E-state index is -0.171. The molecule has 0 spiro atoms. The molecular weight excluding hydrogens is 428 g/mol. The van der Waals surface area contributed by atoms with Crippen LogP contribution in [0.2, 0.25) is 0 Å². The van der Waals surface area contributed by atoms with E-state index in [0.29, 0.717) is 11.3 Å². The number of carbonyl (C=O) groups excluding carboxylic acids is 1. The summed E-state index contributed by atoms with van der Waals surface area (Å²) in [5.41, 5.74) is 6.15. The van der Waals surface area contributed by atoms with Gasteiger partial charge in [-0.3, -0.25) is 4.79 Å². The lowest BCUT2D eigenvalue weighted by atomic mass is 9.60. The number of ether oxygens (including phenoxy) is 1. The van der Waals surface area contributed by atoms with E-state index in [1.165, 1.54) is 75.0 Å². The van der Waals surface area contributed by atoms with Crippen molar-refractivity contribution in [3.8, 4) is 0 Å². The molecule has 0 aliphatic heterocycles. The van der Waals surface area contributed by atoms with Crippen molar-refractivity contribution in [2.75, 3.05) is 0 Å². The summed E-state index contributed by atoms with van der Waals surface area (Å²) in [6, 6.07) is 0. The van der Waals surface area contributed by atoms with Crippen LogP contribution in [-0.2, 0) is 9.53 Å². The number of fused-ring (bicyclic) bond motifs is 1. The summed E-state index contributed by atoms with van der Waals surface area (Å²) in [5.74, 6) is 3.04. The van der Waals surface area contributed by atoms with Crippen LogP contribution in [-0.4, -0.2) is 12.1 Å². The standard InChI is InChI=1S/C33H52O2/c1-8-9-14-27(30-22-29(35-26(6)34)17-16-24(30)4)21-28-15-11-20-33(7)31(18-19-32(28)33)25(5)13-10-12-23(2)3/h8,21,23,25,29,31-32H,1,4,9-20,22H2,2-3,5-7H3/b28-21+,30-27-/t25-,29+,31-,32+,33-/m1/s1. The SMILES string of the molecule is C=CCCC(/C=C1\CCC[C@]2(C)[C@@H]([C@H](C)CCCC(C)C)CC[C@@H]12)=C1\C[C@@H](OC(C)=O)CCC1=C. The van der Waals surface area contributed by atoms with Crippen LogP contribution in [0.15, 0.2) is 47.6 Å². The molecule has 0 aromatic rings. The van der Waals surface area contributed by atoms with Crippen LogP contribution in [0.5, 0.6) is 0 Å². The van der Waals surface area contributed by atoms with Gasteiger partial charge in [-0.05, 0) is 98.0 Å². The Labute approximate surface area is 216 Å². The summed E-state index contributed by atoms with van der Waals surface area (Å²) in [6.07, 6.45) is 20.0. The van der Waals surface area contributed by atoms with E-state index in [1.807, 2.05) is 6.08 Å². The summed E-state index contributed by atoms with van der Waals surface area (Å²) < 4.78 is 5.63. The quantitative estimate of drug-likeness (QED) is 0.230. The first-order valence-corrected chi connectivity index (χ1v) is 14.5. The maximum absolute atomic E-state index is 11.6. The fourth-order valence-electron chi connectivity index (χ4n) is 7.68. The number of rotatable bonds is 10. The molecule has 5 atom stereocenters. The van der Waals surface area contributed by atoms with Crippen molar-refractivity contribution < 1.29 is 9.53 Å². The van der Waals surface area contributed by atoms with E-state index in [-0.39, 0.29) is 12.1 Å². The molecule has 0 N–H and O–H groups in total. The lowest BCUT2D eigenvalue weighted by Gasteiger charge is -2.44. The van der Waals surface area contributed by atoms with E-state index in [0.717, 1.165) is 49.9 Å². The van der Waals surface area contributed by atoms with E-state index in [2.05, 4.69) is 46.9 Å². The second-order valence-corrected chi connectivity index (χ2v) is 12.5. The molecule has 0 amide bonds. The Balaban J connectivity index is 1.85. The molecule has 3 rings (SSSR count). The van der Waals surface area contributed by atoms with Crippen LogP contribution in [0.4, 0.5) is 0 Å². The van der Waals surface area contributed by atoms with Gasteiger partial charge >= 0.3 is 5.97 Å². The summed E-state index contributed by atoms with van der Waals surface area (Å²) in [4.78, 5) is 11.6. The van der Waals surface area contributed by atoms with Crippen molar-refractivity contribution in [3.05, 3.63) is 47.6 Å². The molecule has 3 aliphatic rings. The van der Waals surface area contributed by atoms with Crippen LogP contribution in [0.25, 0.3) is 0 Å². The minimum absolute atomic E-state index is 0.00991. The summed E-state index contributed by atoms with van der Waals surface area (Å²) in [6.45, 7) is 19.8. The Kier molecular flexibility index (Phi) is 10.1. The molecular formula is C33H52O2. The average Bonchev–Trinajstić information content (AvgIpc) is 3.15. The first-order valence-electron chi connectivity index (χ1n) is 14.5. The Morgan fingerprint density at radius 3 is 2.63 bits per heavy atom. The zero-order chi connectivity index (χ0) is 25.6. The largest absolute Gasteiger partial charge is 0.462 e. The van der Waals surface area contributed by atoms with Crippen LogP contribution in [0.1, 0.15) is 118 Å². The third-order valence-corrected chi connectivity index (χ3v) is 9.49. The monoisotopic (exact) mass is 480 g/mol. The van der Waals surface area contributed by atoms with E-state index in [9.17, 15) is 4.79 Å². The zero-order valence-corrected chi connectivity index (χ0v) is 23.5. The number of allylic oxidation sites excluding steroid dienone is 5. The van der Waals surface area contributed by atoms with Gasteiger partial charge in [0.15, 0.2) is 0 Å². The Morgan fingerprint density at radius 2 is 1.94 bits per heavy atom. The minimum Gasteiger partial charge on any atom is -0.462 e. The number of carbonyl (C=O) groups is 1. The van der Waals surface area contributed by atoms with Gasteiger partial charge in [-0.25, -0.2) is 0 Å². The van der Waals surface area contributed by atoms with Crippen molar-refractivity contribution in [1.29, 1.82) is 0 Å². The Hall–Kier alpha value is -1.57. The van der Waals surface area contributed by atoms with Gasteiger partial charge in [0.2, 0.25) is 0 Å². The lowest BCUT2D eigenvalue weighted by Crippen LogP contribution is -2.36. The van der Waals surface area contributed by atoms with E-state index >= 15 is 0 Å². The van der Waals surface area contributed by atoms with Crippen LogP contribution in [0.3, 0.4) is 0 Å². The van der Waals surface area contributed by atoms with Crippen LogP contribution < -0.4 is 0 Å². The second-order valence-electron chi connectivity index (χ2n) is 12.5. The van der Waals surface area contributed by atoms with Gasteiger partial charge in [0.25, 0.3) is 0 Å². The maximum Gasteiger partial charge on any atom is 0.302 e. The van der Waals surface area contributed by atoms with Crippen molar-refractivity contribution >= 4 is 5.97 Å². The molecule has 3 fully saturated rings. The van der Waals surface area contributed by atoms with Crippen LogP contribution in [0, 0.1) is 29.1 Å². The summed E-state index contributed by atoms with van der Waals surface area (Å²) >= 11 is 0. The highest BCUT2D eigenvalue weighted by molar-refractivity contribution is 5.66. The predicted octanol–water partition coefficient (Wildman–Crippen LogP) is 9.53. The number of hydrogen-bond donors (Lipinski definition) is 0. The molecule has 0 bridgehead atoms. The van der Waals surface area contributed by atoms with Gasteiger partial charge in [0, 0.05) is 13.3 Å². The molecule has 35 heavy (non-hydrogen) atoms. The van der Waals surface area contributed by atoms with Gasteiger partial charge in [-0.15, -0.1) is 6.58 Å². The second kappa shape index (κ2) is 12.6. The normalized spacial score (nSPS) is 32.5. The zero-order valence-electron chi connectivity index (χ0n) is 23.5. The average molecular weight is 481 g/mol. The molecule has 0 saturated heterocycles. The van der Waals surface area contributed by atoms with Gasteiger partial charge in [0.05, 0.1) is 0 Å². The van der Waals surface area contributed by atoms with Crippen LogP contribution >= 0.6 is 0 Å². The van der Waals surface area contributed by atoms with Gasteiger partial charge < -0.3 is 4.74 Å². The summed E-state index contributed by atoms with van der Waals surface area (Å²) in [5, 5.41) is 0. The third kappa shape index (κ3) is 7.01. The molecule has 3 saturated carbocycles. The molecule has 0 heterocycles. The van der Waals surface area contributed by atoms with E-state index < -0.39 is 0 Å². The first-order chi connectivity index (χ1) is 16.7. The molecule has 0 unspecified atom stereocenters. The molecule has 0 radical (unpaired) electrons. The highest BCUT2D eigenvalue weighted by Gasteiger charge is 2.50. The van der Waals surface area contributed by atoms with Crippen molar-refractivity contribution in [2.24, 2.45) is 29.1 Å². The van der Waals surface area contributed by atoms with Crippen molar-refractivity contribution in [3.63, 3.8) is 0 Å². The summed E-state index contributed by atoms with van der Waals surface area (Å²) in [7, 11) is 0. The van der Waals surface area contributed by atoms with E-state index in [4.69, 9.17) is 4.74 Å². The first kappa shape index (κ1) is 28.0. The number of esters is 1. The van der Waals surface area contributed by atoms with E-state index in [1.54, 1.807) is 5.57 Å². The predicted molar refractivity (Wildman–Crippen MR) is 149 cm³/mol. The number of hydrogen-bond acceptors (Lipinski definition) is 2. The molecule has 2 nitrogen and oxygen atoms in total. The van der Waals surface area contributed by atoms with Crippen molar-refractivity contribution in [1.82, 2.24) is 0 Å². The lowest BCUT2D eigenvalue weighted by molar-refractivity contribution is -0.146. The Bertz CT molecular complexity index is 828. The Morgan fingerprint density at radius 1 is 1.17 bits per heavy atom. The van der Waals surface area contributed by atoms with Gasteiger partial charge in [-0.2, -0.15) is 0 Å². The van der Waals surface area contributed by atoms with Gasteiger partial charge in [-0.1, -0.05) is 76.8 Å². The maximum atomic E-state index is 11.6. The third-order valence-electron chi connectivity index (χ3n) is 9.49. The smallest absolute Gasteiger partial charge is 0.302 e. The molecule has 3 aliphatic carbocycles. The molecule has 0 aromatic heterocycles. The van der Waals surface area contributed by atoms with Crippen molar-refractivity contribution in [2.45, 2.75) is 124 Å². The fraction of sp³-hybridized carbons (Fsp3) is 0.727.